The molecule has 0 fully saturated rings. The van der Waals surface area contributed by atoms with Crippen LogP contribution >= 0.6 is 0 Å². The van der Waals surface area contributed by atoms with Gasteiger partial charge in [0, 0.05) is 5.56 Å². The third-order valence-electron chi connectivity index (χ3n) is 4.10. The van der Waals surface area contributed by atoms with Crippen molar-refractivity contribution < 1.29 is 4.57 Å². The van der Waals surface area contributed by atoms with Crippen molar-refractivity contribution in [2.24, 2.45) is 12.0 Å². The van der Waals surface area contributed by atoms with Gasteiger partial charge in [-0.15, -0.1) is 4.99 Å². The van der Waals surface area contributed by atoms with E-state index in [0.717, 1.165) is 5.82 Å². The van der Waals surface area contributed by atoms with E-state index < -0.39 is 0 Å². The van der Waals surface area contributed by atoms with Crippen LogP contribution in [0.15, 0.2) is 53.7 Å². The van der Waals surface area contributed by atoms with Crippen molar-refractivity contribution in [1.29, 1.82) is 0 Å². The van der Waals surface area contributed by atoms with E-state index >= 15 is 0 Å². The van der Waals surface area contributed by atoms with Crippen LogP contribution in [-0.2, 0) is 7.05 Å². The van der Waals surface area contributed by atoms with Crippen LogP contribution < -0.4 is 4.57 Å². The highest BCUT2D eigenvalue weighted by Crippen LogP contribution is 2.27. The van der Waals surface area contributed by atoms with Gasteiger partial charge in [-0.25, -0.2) is 0 Å². The first-order chi connectivity index (χ1) is 10.3. The number of aromatic nitrogens is 2. The molecule has 0 radical (unpaired) electrons. The highest BCUT2D eigenvalue weighted by molar-refractivity contribution is 5.87. The number of rotatable bonds is 1. The Labute approximate surface area is 123 Å². The van der Waals surface area contributed by atoms with Gasteiger partial charge in [0.05, 0.1) is 12.6 Å². The first-order valence-corrected chi connectivity index (χ1v) is 7.06. The minimum atomic E-state index is 1.16. The first-order valence-electron chi connectivity index (χ1n) is 7.06. The molecule has 1 aromatic heterocycles. The lowest BCUT2D eigenvalue weighted by Crippen LogP contribution is -2.35. The number of benzene rings is 2. The Morgan fingerprint density at radius 2 is 1.90 bits per heavy atom. The van der Waals surface area contributed by atoms with E-state index in [1.165, 1.54) is 27.7 Å². The molecule has 0 atom stereocenters. The maximum Gasteiger partial charge on any atom is 0.241 e. The summed E-state index contributed by atoms with van der Waals surface area (Å²) in [5.41, 5.74) is 6.11. The lowest BCUT2D eigenvalue weighted by atomic mass is 10.1. The van der Waals surface area contributed by atoms with Crippen LogP contribution in [-0.4, -0.2) is 10.9 Å². The topological polar surface area (TPSA) is 21.2 Å². The molecule has 102 valence electrons. The molecule has 3 aromatic rings. The Hall–Kier alpha value is -2.68. The van der Waals surface area contributed by atoms with Crippen LogP contribution in [0, 0.1) is 6.92 Å². The Kier molecular flexibility index (Phi) is 2.54. The Balaban J connectivity index is 2.18. The van der Waals surface area contributed by atoms with E-state index in [9.17, 15) is 0 Å². The zero-order valence-electron chi connectivity index (χ0n) is 12.1. The molecule has 1 aliphatic rings. The van der Waals surface area contributed by atoms with Crippen molar-refractivity contribution in [1.82, 2.24) is 4.57 Å². The predicted molar refractivity (Wildman–Crippen MR) is 86.2 cm³/mol. The molecule has 0 aliphatic carbocycles. The molecule has 0 unspecified atom stereocenters. The number of aryl methyl sites for hydroxylation is 2. The molecule has 0 saturated carbocycles. The summed E-state index contributed by atoms with van der Waals surface area (Å²) < 4.78 is 4.43. The molecule has 4 rings (SSSR count). The molecular weight excluding hydrogens is 258 g/mol. The quantitative estimate of drug-likeness (QED) is 0.607. The monoisotopic (exact) mass is 274 g/mol. The van der Waals surface area contributed by atoms with Crippen molar-refractivity contribution >= 4 is 23.4 Å². The number of nitrogens with zero attached hydrogens (tertiary/aromatic N) is 3. The maximum atomic E-state index is 4.38. The third-order valence-corrected chi connectivity index (χ3v) is 4.10. The molecule has 21 heavy (non-hydrogen) atoms. The van der Waals surface area contributed by atoms with Gasteiger partial charge in [0.15, 0.2) is 5.52 Å². The molecular formula is C18H16N3+. The van der Waals surface area contributed by atoms with Crippen molar-refractivity contribution in [2.45, 2.75) is 6.92 Å². The Bertz CT molecular complexity index is 914. The van der Waals surface area contributed by atoms with Gasteiger partial charge >= 0.3 is 0 Å². The minimum absolute atomic E-state index is 1.16. The summed E-state index contributed by atoms with van der Waals surface area (Å²) in [6.07, 6.45) is 5.81. The zero-order chi connectivity index (χ0) is 14.4. The van der Waals surface area contributed by atoms with Crippen LogP contribution in [0.1, 0.15) is 11.1 Å². The van der Waals surface area contributed by atoms with Crippen LogP contribution in [0.3, 0.4) is 0 Å². The van der Waals surface area contributed by atoms with Crippen LogP contribution in [0.2, 0.25) is 0 Å². The lowest BCUT2D eigenvalue weighted by molar-refractivity contribution is -0.504. The predicted octanol–water partition coefficient (Wildman–Crippen LogP) is 3.30. The summed E-state index contributed by atoms with van der Waals surface area (Å²) in [5, 5.41) is 0. The summed E-state index contributed by atoms with van der Waals surface area (Å²) in [6.45, 7) is 2.15. The van der Waals surface area contributed by atoms with E-state index in [0.29, 0.717) is 0 Å². The third kappa shape index (κ3) is 1.67. The lowest BCUT2D eigenvalue weighted by Gasteiger charge is -2.04. The van der Waals surface area contributed by atoms with Crippen molar-refractivity contribution in [2.75, 3.05) is 0 Å². The summed E-state index contributed by atoms with van der Waals surface area (Å²) >= 11 is 0. The van der Waals surface area contributed by atoms with Gasteiger partial charge in [0.1, 0.15) is 11.7 Å². The summed E-state index contributed by atoms with van der Waals surface area (Å²) in [4.78, 5) is 4.38. The van der Waals surface area contributed by atoms with E-state index in [2.05, 4.69) is 76.6 Å². The average Bonchev–Trinajstić information content (AvgIpc) is 2.66. The minimum Gasteiger partial charge on any atom is -0.258 e. The van der Waals surface area contributed by atoms with Gasteiger partial charge in [-0.3, -0.25) is 4.57 Å². The number of imidazole rings is 1. The van der Waals surface area contributed by atoms with E-state index in [1.807, 2.05) is 12.5 Å². The van der Waals surface area contributed by atoms with E-state index in [-0.39, 0.29) is 0 Å². The van der Waals surface area contributed by atoms with Crippen molar-refractivity contribution in [3.63, 3.8) is 0 Å². The number of hydrogen-bond donors (Lipinski definition) is 0. The van der Waals surface area contributed by atoms with E-state index in [4.69, 9.17) is 0 Å². The maximum absolute atomic E-state index is 4.38. The summed E-state index contributed by atoms with van der Waals surface area (Å²) in [5.74, 6) is 1.16. The molecule has 0 amide bonds. The molecule has 0 saturated heterocycles. The smallest absolute Gasteiger partial charge is 0.241 e. The number of hydrogen-bond acceptors (Lipinski definition) is 1. The van der Waals surface area contributed by atoms with Gasteiger partial charge in [-0.2, -0.15) is 4.57 Å². The normalized spacial score (nSPS) is 12.9. The van der Waals surface area contributed by atoms with Crippen LogP contribution in [0.4, 0.5) is 0 Å². The highest BCUT2D eigenvalue weighted by Gasteiger charge is 2.24. The number of aliphatic imine (C=N–C) groups is 1. The molecule has 0 spiro atoms. The summed E-state index contributed by atoms with van der Waals surface area (Å²) in [7, 11) is 2.11. The average molecular weight is 274 g/mol. The SMILES string of the molecule is Cc1ccccc1-c1n(C)c2cccc3c2[n+]1C=NC=C3. The highest BCUT2D eigenvalue weighted by atomic mass is 15.2. The molecule has 3 heteroatoms. The standard InChI is InChI=1S/C18H16N3/c1-13-6-3-4-8-15(13)18-20(2)16-9-5-7-14-10-11-19-12-21(18)17(14)16/h3-12H,1-2H3/q+1. The van der Waals surface area contributed by atoms with Gasteiger partial charge in [0.25, 0.3) is 0 Å². The first kappa shape index (κ1) is 12.1. The van der Waals surface area contributed by atoms with E-state index in [1.54, 1.807) is 0 Å². The molecule has 0 bridgehead atoms. The van der Waals surface area contributed by atoms with Crippen molar-refractivity contribution in [3.8, 4) is 11.4 Å². The van der Waals surface area contributed by atoms with Crippen molar-refractivity contribution in [3.05, 3.63) is 59.8 Å². The van der Waals surface area contributed by atoms with Gasteiger partial charge in [-0.1, -0.05) is 30.3 Å². The second-order valence-electron chi connectivity index (χ2n) is 5.36. The fraction of sp³-hybridized carbons (Fsp3) is 0.111. The van der Waals surface area contributed by atoms with Gasteiger partial charge < -0.3 is 0 Å². The largest absolute Gasteiger partial charge is 0.258 e. The molecule has 3 nitrogen and oxygen atoms in total. The molecule has 2 heterocycles. The molecule has 1 aliphatic heterocycles. The Morgan fingerprint density at radius 3 is 2.76 bits per heavy atom. The van der Waals surface area contributed by atoms with Gasteiger partial charge in [0.2, 0.25) is 12.2 Å². The fourth-order valence-corrected chi connectivity index (χ4v) is 3.07. The van der Waals surface area contributed by atoms with Crippen LogP contribution in [0.5, 0.6) is 0 Å². The zero-order valence-corrected chi connectivity index (χ0v) is 12.1. The number of para-hydroxylation sites is 1. The summed E-state index contributed by atoms with van der Waals surface area (Å²) in [6, 6.07) is 14.9. The fourth-order valence-electron chi connectivity index (χ4n) is 3.07. The Morgan fingerprint density at radius 1 is 1.05 bits per heavy atom. The molecule has 2 aromatic carbocycles. The molecule has 0 N–H and O–H groups in total. The van der Waals surface area contributed by atoms with Gasteiger partial charge in [-0.05, 0) is 30.7 Å². The second-order valence-corrected chi connectivity index (χ2v) is 5.36. The van der Waals surface area contributed by atoms with Crippen LogP contribution in [0.25, 0.3) is 28.5 Å². The second kappa shape index (κ2) is 4.42.